The van der Waals surface area contributed by atoms with Crippen molar-refractivity contribution >= 4 is 17.2 Å². The predicted octanol–water partition coefficient (Wildman–Crippen LogP) is 2.35. The van der Waals surface area contributed by atoms with E-state index in [1.807, 2.05) is 0 Å². The fourth-order valence-electron chi connectivity index (χ4n) is 1.29. The van der Waals surface area contributed by atoms with Crippen LogP contribution < -0.4 is 5.32 Å². The second-order valence-electron chi connectivity index (χ2n) is 3.26. The van der Waals surface area contributed by atoms with E-state index < -0.39 is 17.5 Å². The summed E-state index contributed by atoms with van der Waals surface area (Å²) in [4.78, 5) is 15.3. The van der Waals surface area contributed by atoms with Crippen LogP contribution in [0.25, 0.3) is 0 Å². The molecule has 0 unspecified atom stereocenters. The molecule has 17 heavy (non-hydrogen) atoms. The normalized spacial score (nSPS) is 10.2. The smallest absolute Gasteiger partial charge is 0.271 e. The maximum absolute atomic E-state index is 13.2. The Morgan fingerprint density at radius 3 is 2.65 bits per heavy atom. The zero-order valence-electron chi connectivity index (χ0n) is 8.61. The highest BCUT2D eigenvalue weighted by Crippen LogP contribution is 2.11. The topological polar surface area (TPSA) is 42.0 Å². The Labute approximate surface area is 100 Å². The van der Waals surface area contributed by atoms with Gasteiger partial charge in [0.25, 0.3) is 5.91 Å². The molecule has 6 heteroatoms. The summed E-state index contributed by atoms with van der Waals surface area (Å²) in [6.07, 6.45) is 0. The zero-order valence-corrected chi connectivity index (χ0v) is 9.43. The lowest BCUT2D eigenvalue weighted by atomic mass is 10.2. The molecule has 2 rings (SSSR count). The minimum absolute atomic E-state index is 0.156. The number of amides is 1. The molecule has 1 amide bonds. The highest BCUT2D eigenvalue weighted by Gasteiger charge is 2.11. The summed E-state index contributed by atoms with van der Waals surface area (Å²) in [6.45, 7) is -0.200. The SMILES string of the molecule is O=C(NCc1c(F)cccc1F)c1cscn1. The van der Waals surface area contributed by atoms with Gasteiger partial charge in [-0.1, -0.05) is 6.07 Å². The third kappa shape index (κ3) is 2.65. The van der Waals surface area contributed by atoms with E-state index >= 15 is 0 Å². The first-order chi connectivity index (χ1) is 8.18. The summed E-state index contributed by atoms with van der Waals surface area (Å²) >= 11 is 1.28. The number of carbonyl (C=O) groups is 1. The molecule has 88 valence electrons. The van der Waals surface area contributed by atoms with Crippen LogP contribution in [0.4, 0.5) is 8.78 Å². The molecular weight excluding hydrogens is 246 g/mol. The number of hydrogen-bond acceptors (Lipinski definition) is 3. The number of thiazole rings is 1. The van der Waals surface area contributed by atoms with E-state index in [9.17, 15) is 13.6 Å². The van der Waals surface area contributed by atoms with Crippen LogP contribution in [-0.4, -0.2) is 10.9 Å². The summed E-state index contributed by atoms with van der Waals surface area (Å²) in [5.74, 6) is -1.80. The summed E-state index contributed by atoms with van der Waals surface area (Å²) < 4.78 is 26.5. The van der Waals surface area contributed by atoms with Crippen LogP contribution >= 0.6 is 11.3 Å². The molecule has 0 saturated heterocycles. The van der Waals surface area contributed by atoms with Gasteiger partial charge >= 0.3 is 0 Å². The van der Waals surface area contributed by atoms with Crippen molar-refractivity contribution < 1.29 is 13.6 Å². The lowest BCUT2D eigenvalue weighted by Crippen LogP contribution is -2.24. The highest BCUT2D eigenvalue weighted by molar-refractivity contribution is 7.07. The molecule has 0 atom stereocenters. The monoisotopic (exact) mass is 254 g/mol. The Bertz CT molecular complexity index is 508. The van der Waals surface area contributed by atoms with Crippen molar-refractivity contribution in [1.82, 2.24) is 10.3 Å². The number of benzene rings is 1. The molecule has 1 heterocycles. The molecule has 0 aliphatic rings. The Morgan fingerprint density at radius 2 is 2.06 bits per heavy atom. The van der Waals surface area contributed by atoms with Crippen molar-refractivity contribution in [3.05, 3.63) is 52.0 Å². The fourth-order valence-corrected chi connectivity index (χ4v) is 1.82. The lowest BCUT2D eigenvalue weighted by Gasteiger charge is -2.05. The number of aromatic nitrogens is 1. The van der Waals surface area contributed by atoms with E-state index in [1.165, 1.54) is 22.9 Å². The van der Waals surface area contributed by atoms with Gasteiger partial charge in [-0.15, -0.1) is 11.3 Å². The predicted molar refractivity (Wildman–Crippen MR) is 59.6 cm³/mol. The molecule has 3 nitrogen and oxygen atoms in total. The summed E-state index contributed by atoms with van der Waals surface area (Å²) in [5, 5.41) is 3.97. The van der Waals surface area contributed by atoms with Crippen molar-refractivity contribution in [1.29, 1.82) is 0 Å². The molecule has 0 saturated carbocycles. The van der Waals surface area contributed by atoms with Gasteiger partial charge in [0.1, 0.15) is 17.3 Å². The average Bonchev–Trinajstić information content (AvgIpc) is 2.81. The Kier molecular flexibility index (Phi) is 3.43. The van der Waals surface area contributed by atoms with E-state index in [4.69, 9.17) is 0 Å². The largest absolute Gasteiger partial charge is 0.346 e. The fraction of sp³-hybridized carbons (Fsp3) is 0.0909. The zero-order chi connectivity index (χ0) is 12.3. The van der Waals surface area contributed by atoms with Crippen molar-refractivity contribution in [2.75, 3.05) is 0 Å². The molecule has 0 bridgehead atoms. The molecule has 0 aliphatic carbocycles. The van der Waals surface area contributed by atoms with Crippen LogP contribution in [0.5, 0.6) is 0 Å². The van der Waals surface area contributed by atoms with Crippen LogP contribution in [0.1, 0.15) is 16.1 Å². The molecule has 1 N–H and O–H groups in total. The number of nitrogens with zero attached hydrogens (tertiary/aromatic N) is 1. The number of hydrogen-bond donors (Lipinski definition) is 1. The van der Waals surface area contributed by atoms with Crippen LogP contribution in [0, 0.1) is 11.6 Å². The van der Waals surface area contributed by atoms with Gasteiger partial charge in [0.2, 0.25) is 0 Å². The van der Waals surface area contributed by atoms with Gasteiger partial charge in [-0.25, -0.2) is 13.8 Å². The van der Waals surface area contributed by atoms with E-state index in [-0.39, 0.29) is 17.8 Å². The van der Waals surface area contributed by atoms with Gasteiger partial charge in [-0.05, 0) is 12.1 Å². The first-order valence-electron chi connectivity index (χ1n) is 4.78. The third-order valence-corrected chi connectivity index (χ3v) is 2.74. The molecule has 1 aromatic carbocycles. The number of nitrogens with one attached hydrogen (secondary N) is 1. The standard InChI is InChI=1S/C11H8F2N2OS/c12-8-2-1-3-9(13)7(8)4-14-11(16)10-5-17-6-15-10/h1-3,5-6H,4H2,(H,14,16). The minimum atomic E-state index is -0.677. The van der Waals surface area contributed by atoms with Crippen LogP contribution in [0.3, 0.4) is 0 Å². The van der Waals surface area contributed by atoms with Gasteiger partial charge in [-0.2, -0.15) is 0 Å². The summed E-state index contributed by atoms with van der Waals surface area (Å²) in [5.41, 5.74) is 1.60. The van der Waals surface area contributed by atoms with Crippen molar-refractivity contribution in [2.45, 2.75) is 6.54 Å². The van der Waals surface area contributed by atoms with E-state index in [2.05, 4.69) is 10.3 Å². The quantitative estimate of drug-likeness (QED) is 0.913. The molecule has 1 aromatic heterocycles. The van der Waals surface area contributed by atoms with Crippen molar-refractivity contribution in [3.8, 4) is 0 Å². The van der Waals surface area contributed by atoms with E-state index in [1.54, 1.807) is 5.38 Å². The van der Waals surface area contributed by atoms with Crippen LogP contribution in [0.2, 0.25) is 0 Å². The molecule has 2 aromatic rings. The first kappa shape index (κ1) is 11.7. The maximum atomic E-state index is 13.2. The van der Waals surface area contributed by atoms with Gasteiger partial charge in [0, 0.05) is 17.5 Å². The van der Waals surface area contributed by atoms with E-state index in [0.717, 1.165) is 12.1 Å². The van der Waals surface area contributed by atoms with Crippen LogP contribution in [-0.2, 0) is 6.54 Å². The van der Waals surface area contributed by atoms with Crippen LogP contribution in [0.15, 0.2) is 29.1 Å². The van der Waals surface area contributed by atoms with Crippen molar-refractivity contribution in [3.63, 3.8) is 0 Å². The Balaban J connectivity index is 2.06. The highest BCUT2D eigenvalue weighted by atomic mass is 32.1. The van der Waals surface area contributed by atoms with Gasteiger partial charge in [0.05, 0.1) is 5.51 Å². The minimum Gasteiger partial charge on any atom is -0.346 e. The number of halogens is 2. The average molecular weight is 254 g/mol. The van der Waals surface area contributed by atoms with Gasteiger partial charge < -0.3 is 5.32 Å². The lowest BCUT2D eigenvalue weighted by molar-refractivity contribution is 0.0946. The Hall–Kier alpha value is -1.82. The third-order valence-electron chi connectivity index (χ3n) is 2.15. The molecule has 0 radical (unpaired) electrons. The first-order valence-corrected chi connectivity index (χ1v) is 5.72. The molecule has 0 aliphatic heterocycles. The Morgan fingerprint density at radius 1 is 1.35 bits per heavy atom. The maximum Gasteiger partial charge on any atom is 0.271 e. The molecular formula is C11H8F2N2OS. The molecule has 0 spiro atoms. The van der Waals surface area contributed by atoms with Gasteiger partial charge in [0.15, 0.2) is 0 Å². The number of rotatable bonds is 3. The summed E-state index contributed by atoms with van der Waals surface area (Å²) in [6, 6.07) is 3.57. The summed E-state index contributed by atoms with van der Waals surface area (Å²) in [7, 11) is 0. The number of carbonyl (C=O) groups excluding carboxylic acids is 1. The van der Waals surface area contributed by atoms with Gasteiger partial charge in [-0.3, -0.25) is 4.79 Å². The molecule has 0 fully saturated rings. The van der Waals surface area contributed by atoms with E-state index in [0.29, 0.717) is 0 Å². The second kappa shape index (κ2) is 5.01. The second-order valence-corrected chi connectivity index (χ2v) is 3.98. The van der Waals surface area contributed by atoms with Crippen molar-refractivity contribution in [2.24, 2.45) is 0 Å².